The molecule has 1 heterocycles. The molecule has 0 unspecified atom stereocenters. The molecule has 0 bridgehead atoms. The highest BCUT2D eigenvalue weighted by Gasteiger charge is 2.24. The van der Waals surface area contributed by atoms with Gasteiger partial charge in [0.15, 0.2) is 0 Å². The molecular formula is C15H22N2O3S. The lowest BCUT2D eigenvalue weighted by Gasteiger charge is -2.33. The average Bonchev–Trinajstić information content (AvgIpc) is 2.47. The number of amides is 1. The lowest BCUT2D eigenvalue weighted by atomic mass is 10.0. The first kappa shape index (κ1) is 16.0. The van der Waals surface area contributed by atoms with Crippen LogP contribution in [0.1, 0.15) is 36.5 Å². The van der Waals surface area contributed by atoms with Gasteiger partial charge >= 0.3 is 0 Å². The highest BCUT2D eigenvalue weighted by Crippen LogP contribution is 2.20. The van der Waals surface area contributed by atoms with Gasteiger partial charge in [-0.15, -0.1) is 0 Å². The molecule has 1 fully saturated rings. The zero-order valence-corrected chi connectivity index (χ0v) is 13.6. The number of sulfonamides is 1. The molecule has 0 aliphatic carbocycles. The second-order valence-electron chi connectivity index (χ2n) is 5.66. The summed E-state index contributed by atoms with van der Waals surface area (Å²) >= 11 is 0. The fourth-order valence-electron chi connectivity index (χ4n) is 2.55. The molecule has 0 radical (unpaired) electrons. The summed E-state index contributed by atoms with van der Waals surface area (Å²) in [4.78, 5) is 14.5. The Morgan fingerprint density at radius 3 is 2.33 bits per heavy atom. The summed E-state index contributed by atoms with van der Waals surface area (Å²) in [5, 5.41) is 0. The van der Waals surface area contributed by atoms with E-state index in [0.29, 0.717) is 5.56 Å². The Labute approximate surface area is 126 Å². The van der Waals surface area contributed by atoms with Crippen molar-refractivity contribution in [2.75, 3.05) is 20.6 Å². The number of benzene rings is 1. The molecule has 2 rings (SSSR count). The fraction of sp³-hybridized carbons (Fsp3) is 0.533. The number of likely N-dealkylation sites (tertiary alicyclic amines) is 1. The van der Waals surface area contributed by atoms with Gasteiger partial charge in [-0.25, -0.2) is 12.7 Å². The van der Waals surface area contributed by atoms with Crippen LogP contribution in [0, 0.1) is 0 Å². The lowest BCUT2D eigenvalue weighted by molar-refractivity contribution is 0.0635. The van der Waals surface area contributed by atoms with E-state index in [1.54, 1.807) is 12.1 Å². The highest BCUT2D eigenvalue weighted by atomic mass is 32.2. The molecule has 0 spiro atoms. The first-order valence-corrected chi connectivity index (χ1v) is 8.61. The van der Waals surface area contributed by atoms with Crippen molar-refractivity contribution in [1.82, 2.24) is 9.21 Å². The summed E-state index contributed by atoms with van der Waals surface area (Å²) in [6, 6.07) is 6.44. The van der Waals surface area contributed by atoms with Crippen molar-refractivity contribution in [2.45, 2.75) is 37.1 Å². The van der Waals surface area contributed by atoms with E-state index < -0.39 is 10.0 Å². The van der Waals surface area contributed by atoms with Crippen LogP contribution in [0.3, 0.4) is 0 Å². The van der Waals surface area contributed by atoms with Gasteiger partial charge in [-0.3, -0.25) is 4.79 Å². The number of hydrogen-bond donors (Lipinski definition) is 0. The minimum atomic E-state index is -3.45. The van der Waals surface area contributed by atoms with Crippen LogP contribution in [0.25, 0.3) is 0 Å². The van der Waals surface area contributed by atoms with Crippen molar-refractivity contribution in [1.29, 1.82) is 0 Å². The van der Waals surface area contributed by atoms with Crippen molar-refractivity contribution in [2.24, 2.45) is 0 Å². The summed E-state index contributed by atoms with van der Waals surface area (Å²) in [6.45, 7) is 2.83. The van der Waals surface area contributed by atoms with Crippen LogP contribution in [-0.2, 0) is 10.0 Å². The number of carbonyl (C=O) groups excluding carboxylic acids is 1. The number of piperidine rings is 1. The summed E-state index contributed by atoms with van der Waals surface area (Å²) in [5.41, 5.74) is 0.543. The van der Waals surface area contributed by atoms with Gasteiger partial charge < -0.3 is 4.90 Å². The number of nitrogens with zero attached hydrogens (tertiary/aromatic N) is 2. The summed E-state index contributed by atoms with van der Waals surface area (Å²) < 4.78 is 25.2. The molecule has 1 saturated heterocycles. The molecule has 1 atom stereocenters. The summed E-state index contributed by atoms with van der Waals surface area (Å²) in [5.74, 6) is -0.0176. The van der Waals surface area contributed by atoms with Crippen LogP contribution in [0.15, 0.2) is 29.2 Å². The van der Waals surface area contributed by atoms with Gasteiger partial charge in [0.05, 0.1) is 4.90 Å². The Morgan fingerprint density at radius 2 is 1.81 bits per heavy atom. The molecule has 1 aliphatic heterocycles. The number of hydrogen-bond acceptors (Lipinski definition) is 3. The van der Waals surface area contributed by atoms with Gasteiger partial charge in [-0.2, -0.15) is 0 Å². The van der Waals surface area contributed by atoms with Gasteiger partial charge in [0.2, 0.25) is 10.0 Å². The van der Waals surface area contributed by atoms with E-state index in [2.05, 4.69) is 6.92 Å². The molecule has 1 aliphatic rings. The van der Waals surface area contributed by atoms with E-state index >= 15 is 0 Å². The fourth-order valence-corrected chi connectivity index (χ4v) is 3.45. The Bertz CT molecular complexity index is 608. The van der Waals surface area contributed by atoms with Crippen LogP contribution in [-0.4, -0.2) is 50.2 Å². The predicted molar refractivity (Wildman–Crippen MR) is 81.7 cm³/mol. The SMILES string of the molecule is C[C@H]1CCCCN1C(=O)c1ccc(S(=O)(=O)N(C)C)cc1. The smallest absolute Gasteiger partial charge is 0.254 e. The Morgan fingerprint density at radius 1 is 1.19 bits per heavy atom. The summed E-state index contributed by atoms with van der Waals surface area (Å²) in [7, 11) is -0.467. The molecule has 0 saturated carbocycles. The minimum Gasteiger partial charge on any atom is -0.336 e. The van der Waals surface area contributed by atoms with Crippen LogP contribution in [0.2, 0.25) is 0 Å². The molecule has 1 aromatic rings. The number of carbonyl (C=O) groups is 1. The first-order chi connectivity index (χ1) is 9.84. The van der Waals surface area contributed by atoms with Crippen molar-refractivity contribution >= 4 is 15.9 Å². The predicted octanol–water partition coefficient (Wildman–Crippen LogP) is 1.95. The van der Waals surface area contributed by atoms with E-state index in [1.165, 1.54) is 26.2 Å². The maximum atomic E-state index is 12.5. The van der Waals surface area contributed by atoms with Gasteiger partial charge in [-0.1, -0.05) is 0 Å². The molecule has 0 aromatic heterocycles. The van der Waals surface area contributed by atoms with E-state index in [-0.39, 0.29) is 16.8 Å². The third-order valence-corrected chi connectivity index (χ3v) is 5.77. The maximum absolute atomic E-state index is 12.5. The molecule has 5 nitrogen and oxygen atoms in total. The monoisotopic (exact) mass is 310 g/mol. The van der Waals surface area contributed by atoms with E-state index in [1.807, 2.05) is 4.90 Å². The standard InChI is InChI=1S/C15H22N2O3S/c1-12-6-4-5-11-17(12)15(18)13-7-9-14(10-8-13)21(19,20)16(2)3/h7-10,12H,4-6,11H2,1-3H3/t12-/m0/s1. The molecule has 1 aromatic carbocycles. The topological polar surface area (TPSA) is 57.7 Å². The molecule has 116 valence electrons. The van der Waals surface area contributed by atoms with Gasteiger partial charge in [0.1, 0.15) is 0 Å². The molecule has 0 N–H and O–H groups in total. The second-order valence-corrected chi connectivity index (χ2v) is 7.81. The molecular weight excluding hydrogens is 288 g/mol. The van der Waals surface area contributed by atoms with E-state index in [0.717, 1.165) is 30.1 Å². The maximum Gasteiger partial charge on any atom is 0.254 e. The van der Waals surface area contributed by atoms with Crippen LogP contribution in [0.4, 0.5) is 0 Å². The zero-order chi connectivity index (χ0) is 15.6. The van der Waals surface area contributed by atoms with Crippen LogP contribution >= 0.6 is 0 Å². The van der Waals surface area contributed by atoms with Gasteiger partial charge in [0, 0.05) is 32.2 Å². The van der Waals surface area contributed by atoms with Crippen molar-refractivity contribution in [3.8, 4) is 0 Å². The Hall–Kier alpha value is -1.40. The molecule has 6 heteroatoms. The molecule has 1 amide bonds. The van der Waals surface area contributed by atoms with Crippen molar-refractivity contribution in [3.63, 3.8) is 0 Å². The summed E-state index contributed by atoms with van der Waals surface area (Å²) in [6.07, 6.45) is 3.22. The molecule has 21 heavy (non-hydrogen) atoms. The lowest BCUT2D eigenvalue weighted by Crippen LogP contribution is -2.42. The quantitative estimate of drug-likeness (QED) is 0.857. The normalized spacial score (nSPS) is 19.8. The highest BCUT2D eigenvalue weighted by molar-refractivity contribution is 7.89. The third kappa shape index (κ3) is 3.27. The zero-order valence-electron chi connectivity index (χ0n) is 12.7. The largest absolute Gasteiger partial charge is 0.336 e. The average molecular weight is 310 g/mol. The van der Waals surface area contributed by atoms with Crippen molar-refractivity contribution < 1.29 is 13.2 Å². The van der Waals surface area contributed by atoms with E-state index in [4.69, 9.17) is 0 Å². The van der Waals surface area contributed by atoms with E-state index in [9.17, 15) is 13.2 Å². The van der Waals surface area contributed by atoms with Crippen molar-refractivity contribution in [3.05, 3.63) is 29.8 Å². The Balaban J connectivity index is 2.21. The Kier molecular flexibility index (Phi) is 4.68. The second kappa shape index (κ2) is 6.15. The third-order valence-electron chi connectivity index (χ3n) is 3.94. The van der Waals surface area contributed by atoms with Crippen LogP contribution in [0.5, 0.6) is 0 Å². The number of rotatable bonds is 3. The van der Waals surface area contributed by atoms with Crippen LogP contribution < -0.4 is 0 Å². The minimum absolute atomic E-state index is 0.0176. The first-order valence-electron chi connectivity index (χ1n) is 7.17. The van der Waals surface area contributed by atoms with Gasteiger partial charge in [0.25, 0.3) is 5.91 Å². The van der Waals surface area contributed by atoms with Gasteiger partial charge in [-0.05, 0) is 50.5 Å².